The van der Waals surface area contributed by atoms with Crippen molar-refractivity contribution in [2.24, 2.45) is 0 Å². The Morgan fingerprint density at radius 3 is 2.90 bits per heavy atom. The first-order valence-electron chi connectivity index (χ1n) is 5.90. The third kappa shape index (κ3) is 4.06. The summed E-state index contributed by atoms with van der Waals surface area (Å²) in [6.07, 6.45) is 1.35. The molecule has 0 atom stereocenters. The number of hydrogen-bond donors (Lipinski definition) is 0. The highest BCUT2D eigenvalue weighted by atomic mass is 35.5. The van der Waals surface area contributed by atoms with Crippen molar-refractivity contribution in [3.8, 4) is 11.5 Å². The molecule has 1 heterocycles. The maximum atomic E-state index is 11.8. The summed E-state index contributed by atoms with van der Waals surface area (Å²) in [6.45, 7) is 0.168. The summed E-state index contributed by atoms with van der Waals surface area (Å²) >= 11 is 5.89. The van der Waals surface area contributed by atoms with Crippen molar-refractivity contribution >= 4 is 21.4 Å². The van der Waals surface area contributed by atoms with Gasteiger partial charge < -0.3 is 9.15 Å². The van der Waals surface area contributed by atoms with E-state index in [0.29, 0.717) is 22.2 Å². The zero-order valence-corrected chi connectivity index (χ0v) is 12.4. The molecule has 0 radical (unpaired) electrons. The first-order valence-corrected chi connectivity index (χ1v) is 8.10. The fourth-order valence-electron chi connectivity index (χ4n) is 1.64. The number of halogens is 1. The highest BCUT2D eigenvalue weighted by molar-refractivity contribution is 7.90. The van der Waals surface area contributed by atoms with Gasteiger partial charge in [-0.05, 0) is 18.2 Å². The van der Waals surface area contributed by atoms with Gasteiger partial charge in [0, 0.05) is 17.7 Å². The van der Waals surface area contributed by atoms with Gasteiger partial charge in [0.1, 0.15) is 6.26 Å². The van der Waals surface area contributed by atoms with Crippen LogP contribution in [-0.2, 0) is 20.3 Å². The SMILES string of the molecule is COCCS(=O)(=O)Cc1coc(-c2cccc(Cl)c2)n1. The molecular weight excluding hydrogens is 302 g/mol. The Labute approximate surface area is 122 Å². The Balaban J connectivity index is 2.13. The molecule has 0 saturated heterocycles. The van der Waals surface area contributed by atoms with Crippen LogP contribution in [0.4, 0.5) is 0 Å². The molecule has 2 aromatic rings. The normalized spacial score (nSPS) is 11.7. The largest absolute Gasteiger partial charge is 0.444 e. The van der Waals surface area contributed by atoms with E-state index >= 15 is 0 Å². The minimum atomic E-state index is -3.25. The van der Waals surface area contributed by atoms with Gasteiger partial charge in [-0.25, -0.2) is 13.4 Å². The molecule has 1 aromatic heterocycles. The third-order valence-corrected chi connectivity index (χ3v) is 4.35. The number of oxazole rings is 1. The Hall–Kier alpha value is -1.37. The van der Waals surface area contributed by atoms with Crippen LogP contribution in [0.3, 0.4) is 0 Å². The van der Waals surface area contributed by atoms with Gasteiger partial charge in [-0.15, -0.1) is 0 Å². The average Bonchev–Trinajstić information content (AvgIpc) is 2.84. The molecule has 2 rings (SSSR count). The van der Waals surface area contributed by atoms with Gasteiger partial charge in [0.2, 0.25) is 5.89 Å². The van der Waals surface area contributed by atoms with Crippen molar-refractivity contribution in [3.63, 3.8) is 0 Å². The number of benzene rings is 1. The van der Waals surface area contributed by atoms with Gasteiger partial charge in [-0.2, -0.15) is 0 Å². The molecule has 0 unspecified atom stereocenters. The quantitative estimate of drug-likeness (QED) is 0.819. The van der Waals surface area contributed by atoms with Crippen molar-refractivity contribution in [2.75, 3.05) is 19.5 Å². The predicted molar refractivity (Wildman–Crippen MR) is 76.3 cm³/mol. The van der Waals surface area contributed by atoms with Crippen LogP contribution in [0, 0.1) is 0 Å². The summed E-state index contributed by atoms with van der Waals surface area (Å²) in [6, 6.07) is 7.01. The molecule has 20 heavy (non-hydrogen) atoms. The van der Waals surface area contributed by atoms with E-state index in [0.717, 1.165) is 0 Å². The van der Waals surface area contributed by atoms with E-state index in [-0.39, 0.29) is 18.1 Å². The lowest BCUT2D eigenvalue weighted by Gasteiger charge is -2.00. The molecule has 0 spiro atoms. The molecule has 0 aliphatic carbocycles. The fraction of sp³-hybridized carbons (Fsp3) is 0.308. The van der Waals surface area contributed by atoms with Gasteiger partial charge in [0.05, 0.1) is 23.8 Å². The highest BCUT2D eigenvalue weighted by Gasteiger charge is 2.15. The van der Waals surface area contributed by atoms with Crippen molar-refractivity contribution in [1.29, 1.82) is 0 Å². The number of rotatable bonds is 6. The van der Waals surface area contributed by atoms with Crippen molar-refractivity contribution in [2.45, 2.75) is 5.75 Å². The second-order valence-corrected chi connectivity index (χ2v) is 6.86. The Bertz CT molecular complexity index is 681. The molecule has 1 aromatic carbocycles. The maximum absolute atomic E-state index is 11.8. The van der Waals surface area contributed by atoms with E-state index in [4.69, 9.17) is 20.8 Å². The topological polar surface area (TPSA) is 69.4 Å². The lowest BCUT2D eigenvalue weighted by molar-refractivity contribution is 0.217. The summed E-state index contributed by atoms with van der Waals surface area (Å²) in [5.41, 5.74) is 1.08. The molecule has 0 N–H and O–H groups in total. The van der Waals surface area contributed by atoms with Gasteiger partial charge in [-0.3, -0.25) is 0 Å². The average molecular weight is 316 g/mol. The van der Waals surface area contributed by atoms with Crippen molar-refractivity contribution in [3.05, 3.63) is 41.2 Å². The Kier molecular flexibility index (Phi) is 4.80. The molecule has 0 aliphatic rings. The summed E-state index contributed by atoms with van der Waals surface area (Å²) < 4.78 is 33.6. The zero-order chi connectivity index (χ0) is 14.6. The number of hydrogen-bond acceptors (Lipinski definition) is 5. The number of ether oxygens (including phenoxy) is 1. The minimum Gasteiger partial charge on any atom is -0.444 e. The van der Waals surface area contributed by atoms with Gasteiger partial charge in [0.15, 0.2) is 9.84 Å². The standard InChI is InChI=1S/C13H14ClNO4S/c1-18-5-6-20(16,17)9-12-8-19-13(15-12)10-3-2-4-11(14)7-10/h2-4,7-8H,5-6,9H2,1H3. The molecule has 108 valence electrons. The lowest BCUT2D eigenvalue weighted by atomic mass is 10.2. The maximum Gasteiger partial charge on any atom is 0.226 e. The summed E-state index contributed by atoms with van der Waals surface area (Å²) in [7, 11) is -1.79. The summed E-state index contributed by atoms with van der Waals surface area (Å²) in [5, 5.41) is 0.565. The second kappa shape index (κ2) is 6.39. The lowest BCUT2D eigenvalue weighted by Crippen LogP contribution is -2.13. The first-order chi connectivity index (χ1) is 9.50. The van der Waals surface area contributed by atoms with Gasteiger partial charge in [-0.1, -0.05) is 17.7 Å². The van der Waals surface area contributed by atoms with Crippen LogP contribution in [-0.4, -0.2) is 32.9 Å². The van der Waals surface area contributed by atoms with Crippen molar-refractivity contribution < 1.29 is 17.6 Å². The van der Waals surface area contributed by atoms with Crippen LogP contribution in [0.2, 0.25) is 5.02 Å². The zero-order valence-electron chi connectivity index (χ0n) is 10.9. The van der Waals surface area contributed by atoms with Crippen molar-refractivity contribution in [1.82, 2.24) is 4.98 Å². The van der Waals surface area contributed by atoms with Crippen LogP contribution in [0.15, 0.2) is 34.9 Å². The summed E-state index contributed by atoms with van der Waals surface area (Å²) in [5.74, 6) is 0.146. The first kappa shape index (κ1) is 15.0. The third-order valence-electron chi connectivity index (χ3n) is 2.59. The molecule has 0 bridgehead atoms. The highest BCUT2D eigenvalue weighted by Crippen LogP contribution is 2.22. The van der Waals surface area contributed by atoms with E-state index in [9.17, 15) is 8.42 Å². The number of nitrogens with zero attached hydrogens (tertiary/aromatic N) is 1. The van der Waals surface area contributed by atoms with Gasteiger partial charge >= 0.3 is 0 Å². The molecule has 0 amide bonds. The number of sulfone groups is 1. The van der Waals surface area contributed by atoms with E-state index in [1.54, 1.807) is 24.3 Å². The molecule has 0 saturated carbocycles. The van der Waals surface area contributed by atoms with Crippen LogP contribution in [0.1, 0.15) is 5.69 Å². The monoisotopic (exact) mass is 315 g/mol. The van der Waals surface area contributed by atoms with Crippen LogP contribution in [0.5, 0.6) is 0 Å². The summed E-state index contributed by atoms with van der Waals surface area (Å²) in [4.78, 5) is 4.17. The Morgan fingerprint density at radius 2 is 2.20 bits per heavy atom. The van der Waals surface area contributed by atoms with E-state index in [1.807, 2.05) is 0 Å². The van der Waals surface area contributed by atoms with E-state index in [1.165, 1.54) is 13.4 Å². The van der Waals surface area contributed by atoms with Gasteiger partial charge in [0.25, 0.3) is 0 Å². The number of aromatic nitrogens is 1. The predicted octanol–water partition coefficient (Wildman–Crippen LogP) is 2.56. The Morgan fingerprint density at radius 1 is 1.40 bits per heavy atom. The fourth-order valence-corrected chi connectivity index (χ4v) is 2.97. The number of methoxy groups -OCH3 is 1. The van der Waals surface area contributed by atoms with E-state index in [2.05, 4.69) is 4.98 Å². The van der Waals surface area contributed by atoms with E-state index < -0.39 is 9.84 Å². The smallest absolute Gasteiger partial charge is 0.226 e. The minimum absolute atomic E-state index is 0.0388. The van der Waals surface area contributed by atoms with Crippen LogP contribution in [0.25, 0.3) is 11.5 Å². The van der Waals surface area contributed by atoms with Crippen LogP contribution < -0.4 is 0 Å². The molecule has 0 fully saturated rings. The molecule has 0 aliphatic heterocycles. The molecule has 7 heteroatoms. The molecular formula is C13H14ClNO4S. The second-order valence-electron chi connectivity index (χ2n) is 4.24. The molecule has 5 nitrogen and oxygen atoms in total. The van der Waals surface area contributed by atoms with Crippen LogP contribution >= 0.6 is 11.6 Å².